The highest BCUT2D eigenvalue weighted by Crippen LogP contribution is 2.36. The number of benzene rings is 1. The van der Waals surface area contributed by atoms with Gasteiger partial charge in [0.1, 0.15) is 17.0 Å². The molecule has 9 heteroatoms. The van der Waals surface area contributed by atoms with Crippen LogP contribution in [0.1, 0.15) is 0 Å². The Bertz CT molecular complexity index is 651. The molecular weight excluding hydrogens is 295 g/mol. The first-order chi connectivity index (χ1) is 8.99. The lowest BCUT2D eigenvalue weighted by Gasteiger charge is -2.07. The third-order valence-electron chi connectivity index (χ3n) is 2.07. The van der Waals surface area contributed by atoms with Gasteiger partial charge in [-0.15, -0.1) is 0 Å². The van der Waals surface area contributed by atoms with E-state index in [0.29, 0.717) is 0 Å². The van der Waals surface area contributed by atoms with Crippen LogP contribution in [0.5, 0.6) is 11.6 Å². The summed E-state index contributed by atoms with van der Waals surface area (Å²) in [6.07, 6.45) is 0.954. The Kier molecular flexibility index (Phi) is 3.68. The number of nitro groups is 1. The van der Waals surface area contributed by atoms with Gasteiger partial charge in [-0.25, -0.2) is 4.98 Å². The zero-order valence-corrected chi connectivity index (χ0v) is 10.7. The van der Waals surface area contributed by atoms with Crippen molar-refractivity contribution in [3.05, 3.63) is 44.6 Å². The van der Waals surface area contributed by atoms with Crippen LogP contribution in [0.2, 0.25) is 10.0 Å². The van der Waals surface area contributed by atoms with Crippen LogP contribution in [-0.4, -0.2) is 14.9 Å². The standard InChI is InChI=1S/C10H6Cl2N4O3/c11-5-2-1-3-7(8(5)12)19-9-6(16(17)18)4-14-10(13)15-9/h1-4H,(H2,13,14,15). The number of nitrogens with zero attached hydrogens (tertiary/aromatic N) is 3. The average molecular weight is 301 g/mol. The number of ether oxygens (including phenoxy) is 1. The highest BCUT2D eigenvalue weighted by atomic mass is 35.5. The van der Waals surface area contributed by atoms with Crippen molar-refractivity contribution in [2.45, 2.75) is 0 Å². The fourth-order valence-corrected chi connectivity index (χ4v) is 1.57. The highest BCUT2D eigenvalue weighted by molar-refractivity contribution is 6.42. The number of halogens is 2. The van der Waals surface area contributed by atoms with E-state index in [-0.39, 0.29) is 27.6 Å². The van der Waals surface area contributed by atoms with Gasteiger partial charge in [-0.2, -0.15) is 4.98 Å². The van der Waals surface area contributed by atoms with E-state index in [1.807, 2.05) is 0 Å². The minimum Gasteiger partial charge on any atom is -0.432 e. The molecule has 2 aromatic rings. The molecule has 0 atom stereocenters. The van der Waals surface area contributed by atoms with Gasteiger partial charge in [-0.05, 0) is 12.1 Å². The predicted molar refractivity (Wildman–Crippen MR) is 69.6 cm³/mol. The van der Waals surface area contributed by atoms with Crippen LogP contribution in [0.4, 0.5) is 11.6 Å². The Labute approximate surface area is 117 Å². The molecule has 7 nitrogen and oxygen atoms in total. The first-order valence-corrected chi connectivity index (χ1v) is 5.63. The van der Waals surface area contributed by atoms with Crippen LogP contribution in [0.15, 0.2) is 24.4 Å². The highest BCUT2D eigenvalue weighted by Gasteiger charge is 2.20. The second-order valence-corrected chi connectivity index (χ2v) is 4.11. The minimum absolute atomic E-state index is 0.121. The Morgan fingerprint density at radius 2 is 2.11 bits per heavy atom. The molecule has 1 aromatic heterocycles. The van der Waals surface area contributed by atoms with Crippen molar-refractivity contribution in [3.63, 3.8) is 0 Å². The molecule has 2 N–H and O–H groups in total. The molecule has 1 aromatic carbocycles. The van der Waals surface area contributed by atoms with Crippen LogP contribution in [0, 0.1) is 10.1 Å². The molecule has 2 rings (SSSR count). The Hall–Kier alpha value is -2.12. The van der Waals surface area contributed by atoms with E-state index < -0.39 is 10.6 Å². The number of hydrogen-bond acceptors (Lipinski definition) is 6. The van der Waals surface area contributed by atoms with Gasteiger partial charge in [0.05, 0.1) is 9.95 Å². The molecule has 0 radical (unpaired) electrons. The van der Waals surface area contributed by atoms with E-state index in [2.05, 4.69) is 9.97 Å². The van der Waals surface area contributed by atoms with Crippen molar-refractivity contribution in [2.24, 2.45) is 0 Å². The number of nitrogens with two attached hydrogens (primary N) is 1. The van der Waals surface area contributed by atoms with Gasteiger partial charge in [0.2, 0.25) is 5.95 Å². The van der Waals surface area contributed by atoms with E-state index >= 15 is 0 Å². The molecule has 0 unspecified atom stereocenters. The lowest BCUT2D eigenvalue weighted by atomic mass is 10.3. The van der Waals surface area contributed by atoms with E-state index in [1.165, 1.54) is 6.07 Å². The molecule has 0 saturated heterocycles. The van der Waals surface area contributed by atoms with Crippen molar-refractivity contribution < 1.29 is 9.66 Å². The summed E-state index contributed by atoms with van der Waals surface area (Å²) in [6.45, 7) is 0. The third-order valence-corrected chi connectivity index (χ3v) is 2.88. The quantitative estimate of drug-likeness (QED) is 0.690. The van der Waals surface area contributed by atoms with Crippen molar-refractivity contribution in [1.29, 1.82) is 0 Å². The van der Waals surface area contributed by atoms with Crippen molar-refractivity contribution >= 4 is 34.8 Å². The maximum atomic E-state index is 10.8. The fraction of sp³-hybridized carbons (Fsp3) is 0. The Balaban J connectivity index is 2.45. The number of nitrogen functional groups attached to an aromatic ring is 1. The van der Waals surface area contributed by atoms with Gasteiger partial charge in [0.15, 0.2) is 0 Å². The lowest BCUT2D eigenvalue weighted by Crippen LogP contribution is -2.01. The largest absolute Gasteiger partial charge is 0.432 e. The van der Waals surface area contributed by atoms with Crippen LogP contribution < -0.4 is 10.5 Å². The van der Waals surface area contributed by atoms with Gasteiger partial charge in [0.25, 0.3) is 0 Å². The van der Waals surface area contributed by atoms with Crippen LogP contribution in [-0.2, 0) is 0 Å². The summed E-state index contributed by atoms with van der Waals surface area (Å²) in [5.41, 5.74) is 4.94. The van der Waals surface area contributed by atoms with E-state index in [9.17, 15) is 10.1 Å². The molecule has 0 spiro atoms. The molecule has 0 aliphatic heterocycles. The molecule has 0 fully saturated rings. The van der Waals surface area contributed by atoms with Gasteiger partial charge in [-0.1, -0.05) is 29.3 Å². The normalized spacial score (nSPS) is 10.2. The van der Waals surface area contributed by atoms with Crippen molar-refractivity contribution in [3.8, 4) is 11.6 Å². The van der Waals surface area contributed by atoms with Gasteiger partial charge < -0.3 is 10.5 Å². The maximum Gasteiger partial charge on any atom is 0.349 e. The van der Waals surface area contributed by atoms with Gasteiger partial charge in [-0.3, -0.25) is 10.1 Å². The summed E-state index contributed by atoms with van der Waals surface area (Å²) in [5.74, 6) is -0.323. The lowest BCUT2D eigenvalue weighted by molar-refractivity contribution is -0.386. The molecule has 0 aliphatic carbocycles. The third kappa shape index (κ3) is 2.83. The molecule has 1 heterocycles. The zero-order valence-electron chi connectivity index (χ0n) is 9.21. The number of aromatic nitrogens is 2. The number of anilines is 1. The van der Waals surface area contributed by atoms with E-state index in [0.717, 1.165) is 6.20 Å². The van der Waals surface area contributed by atoms with E-state index in [1.54, 1.807) is 12.1 Å². The van der Waals surface area contributed by atoms with Crippen LogP contribution >= 0.6 is 23.2 Å². The Morgan fingerprint density at radius 3 is 2.79 bits per heavy atom. The van der Waals surface area contributed by atoms with Gasteiger partial charge >= 0.3 is 11.6 Å². The summed E-state index contributed by atoms with van der Waals surface area (Å²) in [5, 5.41) is 11.2. The number of rotatable bonds is 3. The topological polar surface area (TPSA) is 104 Å². The number of hydrogen-bond donors (Lipinski definition) is 1. The van der Waals surface area contributed by atoms with E-state index in [4.69, 9.17) is 33.7 Å². The molecular formula is C10H6Cl2N4O3. The molecule has 19 heavy (non-hydrogen) atoms. The van der Waals surface area contributed by atoms with Crippen LogP contribution in [0.25, 0.3) is 0 Å². The molecule has 0 aliphatic rings. The SMILES string of the molecule is Nc1ncc([N+](=O)[O-])c(Oc2cccc(Cl)c2Cl)n1. The van der Waals surface area contributed by atoms with Crippen molar-refractivity contribution in [2.75, 3.05) is 5.73 Å². The summed E-state index contributed by atoms with van der Waals surface area (Å²) in [7, 11) is 0. The zero-order chi connectivity index (χ0) is 14.0. The summed E-state index contributed by atoms with van der Waals surface area (Å²) >= 11 is 11.7. The molecule has 0 saturated carbocycles. The summed E-state index contributed by atoms with van der Waals surface area (Å²) in [4.78, 5) is 17.3. The average Bonchev–Trinajstić information content (AvgIpc) is 2.35. The molecule has 0 amide bonds. The second-order valence-electron chi connectivity index (χ2n) is 3.33. The first kappa shape index (κ1) is 13.3. The first-order valence-electron chi connectivity index (χ1n) is 4.88. The summed E-state index contributed by atoms with van der Waals surface area (Å²) in [6, 6.07) is 4.63. The van der Waals surface area contributed by atoms with Crippen LogP contribution in [0.3, 0.4) is 0 Å². The predicted octanol–water partition coefficient (Wildman–Crippen LogP) is 3.07. The Morgan fingerprint density at radius 1 is 1.37 bits per heavy atom. The monoisotopic (exact) mass is 300 g/mol. The maximum absolute atomic E-state index is 10.8. The fourth-order valence-electron chi connectivity index (χ4n) is 1.24. The summed E-state index contributed by atoms with van der Waals surface area (Å²) < 4.78 is 5.27. The van der Waals surface area contributed by atoms with Gasteiger partial charge in [0, 0.05) is 0 Å². The molecule has 0 bridgehead atoms. The second kappa shape index (κ2) is 5.25. The minimum atomic E-state index is -0.687. The smallest absolute Gasteiger partial charge is 0.349 e. The van der Waals surface area contributed by atoms with Crippen molar-refractivity contribution in [1.82, 2.24) is 9.97 Å². The molecule has 98 valence electrons.